The van der Waals surface area contributed by atoms with Gasteiger partial charge in [0.25, 0.3) is 11.5 Å². The van der Waals surface area contributed by atoms with E-state index in [9.17, 15) is 14.4 Å². The Morgan fingerprint density at radius 2 is 1.27 bits per heavy atom. The largest absolute Gasteiger partial charge is 0.520 e. The van der Waals surface area contributed by atoms with Crippen LogP contribution in [0.2, 0.25) is 0 Å². The van der Waals surface area contributed by atoms with Crippen LogP contribution in [0.3, 0.4) is 0 Å². The van der Waals surface area contributed by atoms with Gasteiger partial charge in [-0.25, -0.2) is 14.4 Å². The summed E-state index contributed by atoms with van der Waals surface area (Å²) in [5.41, 5.74) is 0. The monoisotopic (exact) mass is 156 g/mol. The fraction of sp³-hybridized carbons (Fsp3) is 0. The van der Waals surface area contributed by atoms with Gasteiger partial charge in [0.1, 0.15) is 0 Å². The topological polar surface area (TPSA) is 86.7 Å². The second-order valence-corrected chi connectivity index (χ2v) is 1.79. The highest BCUT2D eigenvalue weighted by molar-refractivity contribution is 6.11. The zero-order chi connectivity index (χ0) is 8.01. The summed E-state index contributed by atoms with van der Waals surface area (Å²) < 4.78 is 12.4. The van der Waals surface area contributed by atoms with Gasteiger partial charge in [-0.15, -0.1) is 0 Å². The maximum absolute atomic E-state index is 10.6. The van der Waals surface area contributed by atoms with Crippen molar-refractivity contribution in [2.45, 2.75) is 0 Å². The lowest BCUT2D eigenvalue weighted by Crippen LogP contribution is -2.01. The minimum Gasteiger partial charge on any atom is -0.382 e. The molecule has 11 heavy (non-hydrogen) atoms. The summed E-state index contributed by atoms with van der Waals surface area (Å²) in [5, 5.41) is 0. The molecule has 56 valence electrons. The number of ether oxygens (including phenoxy) is 1. The number of rotatable bonds is 0. The second-order valence-electron chi connectivity index (χ2n) is 1.79. The molecule has 6 nitrogen and oxygen atoms in total. The standard InChI is InChI=1S/C5O6/c6-3-1-2(4(7)11-3)10-5(8)9-1. The first-order valence-electron chi connectivity index (χ1n) is 2.59. The summed E-state index contributed by atoms with van der Waals surface area (Å²) in [6, 6.07) is 0. The molecule has 2 rings (SSSR count). The molecule has 0 atom stereocenters. The van der Waals surface area contributed by atoms with Crippen molar-refractivity contribution in [3.8, 4) is 0 Å². The Hall–Kier alpha value is -1.85. The van der Waals surface area contributed by atoms with Crippen molar-refractivity contribution in [3.05, 3.63) is 22.1 Å². The minimum atomic E-state index is -1.08. The van der Waals surface area contributed by atoms with E-state index in [1.807, 2.05) is 0 Å². The van der Waals surface area contributed by atoms with Crippen LogP contribution in [0.25, 0.3) is 0 Å². The van der Waals surface area contributed by atoms with E-state index in [1.54, 1.807) is 0 Å². The van der Waals surface area contributed by atoms with Crippen molar-refractivity contribution in [1.82, 2.24) is 0 Å². The molecule has 1 aliphatic rings. The zero-order valence-corrected chi connectivity index (χ0v) is 4.95. The Kier molecular flexibility index (Phi) is 0.857. The molecule has 6 heteroatoms. The number of hydrogen-bond acceptors (Lipinski definition) is 6. The van der Waals surface area contributed by atoms with Crippen LogP contribution in [0, 0.1) is 0 Å². The molecule has 1 aliphatic heterocycles. The maximum Gasteiger partial charge on any atom is 0.520 e. The van der Waals surface area contributed by atoms with Crippen molar-refractivity contribution in [3.63, 3.8) is 0 Å². The molecule has 1 aromatic heterocycles. The van der Waals surface area contributed by atoms with Crippen LogP contribution in [0.15, 0.2) is 13.6 Å². The first-order valence-corrected chi connectivity index (χ1v) is 2.59. The Balaban J connectivity index is 2.77. The lowest BCUT2D eigenvalue weighted by molar-refractivity contribution is 0.0402. The molecule has 0 spiro atoms. The van der Waals surface area contributed by atoms with E-state index in [-0.39, 0.29) is 0 Å². The van der Waals surface area contributed by atoms with E-state index in [2.05, 4.69) is 13.6 Å². The summed E-state index contributed by atoms with van der Waals surface area (Å²) >= 11 is 0. The molecule has 0 aliphatic carbocycles. The molecular weight excluding hydrogens is 156 g/mol. The van der Waals surface area contributed by atoms with Crippen molar-refractivity contribution in [2.24, 2.45) is 0 Å². The van der Waals surface area contributed by atoms with Gasteiger partial charge in [-0.1, -0.05) is 0 Å². The van der Waals surface area contributed by atoms with Gasteiger partial charge in [0.15, 0.2) is 0 Å². The number of hydrogen-bond donors (Lipinski definition) is 0. The predicted octanol–water partition coefficient (Wildman–Crippen LogP) is -0.457. The predicted molar refractivity (Wildman–Crippen MR) is 27.0 cm³/mol. The average Bonchev–Trinajstić information content (AvgIpc) is 2.38. The normalized spacial score (nSPS) is 14.9. The highest BCUT2D eigenvalue weighted by atomic mass is 16.6. The third-order valence-corrected chi connectivity index (χ3v) is 1.13. The quantitative estimate of drug-likeness (QED) is 0.373. The van der Waals surface area contributed by atoms with Gasteiger partial charge in [0.05, 0.1) is 0 Å². The molecule has 0 N–H and O–H groups in total. The summed E-state index contributed by atoms with van der Waals surface area (Å²) in [4.78, 5) is 31.4. The van der Waals surface area contributed by atoms with E-state index in [0.717, 1.165) is 0 Å². The minimum absolute atomic E-state index is 0.458. The first-order chi connectivity index (χ1) is 5.18. The van der Waals surface area contributed by atoms with Gasteiger partial charge in [-0.05, 0) is 0 Å². The van der Waals surface area contributed by atoms with Gasteiger partial charge in [0.2, 0.25) is 0 Å². The van der Waals surface area contributed by atoms with Crippen molar-refractivity contribution in [1.29, 1.82) is 0 Å². The smallest absolute Gasteiger partial charge is 0.382 e. The third-order valence-electron chi connectivity index (χ3n) is 1.13. The number of carbonyl (C=O) groups excluding carboxylic acids is 2. The van der Waals surface area contributed by atoms with E-state index in [0.29, 0.717) is 0 Å². The van der Waals surface area contributed by atoms with Crippen LogP contribution in [0.1, 0.15) is 21.1 Å². The van der Waals surface area contributed by atoms with Gasteiger partial charge in [-0.3, -0.25) is 0 Å². The molecule has 0 aromatic carbocycles. The van der Waals surface area contributed by atoms with Gasteiger partial charge in [-0.2, -0.15) is 0 Å². The Morgan fingerprint density at radius 3 is 1.73 bits per heavy atom. The molecule has 0 saturated heterocycles. The van der Waals surface area contributed by atoms with E-state index < -0.39 is 29.3 Å². The molecule has 0 saturated carbocycles. The number of fused-ring (bicyclic) bond motifs is 1. The molecule has 0 bridgehead atoms. The van der Waals surface area contributed by atoms with Crippen molar-refractivity contribution >= 4 is 11.9 Å². The van der Waals surface area contributed by atoms with Crippen LogP contribution >= 0.6 is 0 Å². The molecule has 1 aromatic rings. The third kappa shape index (κ3) is 0.628. The number of cyclic esters (lactones) is 2. The SMILES string of the molecule is O=C1OC(=O)c2oc(=O)oc21. The van der Waals surface area contributed by atoms with Crippen molar-refractivity contribution < 1.29 is 23.2 Å². The van der Waals surface area contributed by atoms with Crippen LogP contribution in [-0.4, -0.2) is 11.9 Å². The Morgan fingerprint density at radius 1 is 0.818 bits per heavy atom. The first kappa shape index (κ1) is 5.90. The van der Waals surface area contributed by atoms with Crippen LogP contribution in [-0.2, 0) is 4.74 Å². The molecule has 0 amide bonds. The lowest BCUT2D eigenvalue weighted by Gasteiger charge is -1.81. The van der Waals surface area contributed by atoms with Crippen LogP contribution in [0.5, 0.6) is 0 Å². The van der Waals surface area contributed by atoms with Crippen molar-refractivity contribution in [2.75, 3.05) is 0 Å². The highest BCUT2D eigenvalue weighted by Crippen LogP contribution is 2.17. The van der Waals surface area contributed by atoms with Crippen LogP contribution < -0.4 is 5.82 Å². The van der Waals surface area contributed by atoms with E-state index >= 15 is 0 Å². The summed E-state index contributed by atoms with van der Waals surface area (Å²) in [7, 11) is 0. The highest BCUT2D eigenvalue weighted by Gasteiger charge is 2.37. The van der Waals surface area contributed by atoms with E-state index in [1.165, 1.54) is 0 Å². The van der Waals surface area contributed by atoms with Gasteiger partial charge in [0, 0.05) is 0 Å². The summed E-state index contributed by atoms with van der Waals surface area (Å²) in [6.07, 6.45) is 0. The van der Waals surface area contributed by atoms with E-state index in [4.69, 9.17) is 0 Å². The molecule has 0 radical (unpaired) electrons. The number of carbonyl (C=O) groups is 2. The fourth-order valence-corrected chi connectivity index (χ4v) is 0.726. The fourth-order valence-electron chi connectivity index (χ4n) is 0.726. The van der Waals surface area contributed by atoms with Crippen LogP contribution in [0.4, 0.5) is 0 Å². The Labute approximate surface area is 58.4 Å². The molecule has 0 fully saturated rings. The lowest BCUT2D eigenvalue weighted by atomic mass is 10.4. The molecule has 2 heterocycles. The summed E-state index contributed by atoms with van der Waals surface area (Å²) in [5.74, 6) is -3.98. The molecule has 0 unspecified atom stereocenters. The molecular formula is C5O6. The second kappa shape index (κ2) is 1.60. The maximum atomic E-state index is 10.6. The average molecular weight is 156 g/mol. The number of esters is 2. The van der Waals surface area contributed by atoms with Gasteiger partial charge < -0.3 is 13.6 Å². The Bertz CT molecular complexity index is 359. The van der Waals surface area contributed by atoms with Gasteiger partial charge >= 0.3 is 17.8 Å². The zero-order valence-electron chi connectivity index (χ0n) is 4.95. The summed E-state index contributed by atoms with van der Waals surface area (Å²) in [6.45, 7) is 0.